The standard InChI is InChI=1S/C15H14ClFN2O2/c1-2-21-13-5-3-4-11(18)14(13)15(20)19-12-7-6-9(17)8-10(12)16/h3-8H,2,18H2,1H3,(H,19,20). The van der Waals surface area contributed by atoms with E-state index in [1.165, 1.54) is 12.1 Å². The Balaban J connectivity index is 2.32. The number of hydrogen-bond donors (Lipinski definition) is 2. The summed E-state index contributed by atoms with van der Waals surface area (Å²) in [4.78, 5) is 12.3. The Kier molecular flexibility index (Phi) is 4.65. The van der Waals surface area contributed by atoms with Crippen LogP contribution in [0.4, 0.5) is 15.8 Å². The molecule has 2 aromatic rings. The maximum Gasteiger partial charge on any atom is 0.261 e. The van der Waals surface area contributed by atoms with E-state index in [2.05, 4.69) is 5.32 Å². The van der Waals surface area contributed by atoms with Gasteiger partial charge in [0.15, 0.2) is 0 Å². The molecule has 0 atom stereocenters. The van der Waals surface area contributed by atoms with Gasteiger partial charge in [-0.1, -0.05) is 17.7 Å². The molecule has 0 fully saturated rings. The molecule has 21 heavy (non-hydrogen) atoms. The first kappa shape index (κ1) is 15.1. The molecule has 0 unspecified atom stereocenters. The van der Waals surface area contributed by atoms with E-state index in [0.717, 1.165) is 6.07 Å². The van der Waals surface area contributed by atoms with Crippen LogP contribution in [-0.2, 0) is 0 Å². The Morgan fingerprint density at radius 2 is 2.14 bits per heavy atom. The molecule has 0 saturated carbocycles. The second-order valence-corrected chi connectivity index (χ2v) is 4.64. The summed E-state index contributed by atoms with van der Waals surface area (Å²) >= 11 is 5.88. The summed E-state index contributed by atoms with van der Waals surface area (Å²) in [6.45, 7) is 2.21. The fraction of sp³-hybridized carbons (Fsp3) is 0.133. The average Bonchev–Trinajstić information content (AvgIpc) is 2.42. The summed E-state index contributed by atoms with van der Waals surface area (Å²) < 4.78 is 18.4. The fourth-order valence-electron chi connectivity index (χ4n) is 1.84. The predicted molar refractivity (Wildman–Crippen MR) is 81.4 cm³/mol. The van der Waals surface area contributed by atoms with Crippen molar-refractivity contribution in [3.05, 3.63) is 52.8 Å². The highest BCUT2D eigenvalue weighted by molar-refractivity contribution is 6.34. The van der Waals surface area contributed by atoms with Gasteiger partial charge in [-0.3, -0.25) is 4.79 Å². The molecule has 0 aromatic heterocycles. The van der Waals surface area contributed by atoms with Crippen LogP contribution in [0, 0.1) is 5.82 Å². The Labute approximate surface area is 126 Å². The summed E-state index contributed by atoms with van der Waals surface area (Å²) in [5.74, 6) is -0.564. The Hall–Kier alpha value is -2.27. The third-order valence-corrected chi connectivity index (χ3v) is 3.08. The molecule has 4 nitrogen and oxygen atoms in total. The summed E-state index contributed by atoms with van der Waals surface area (Å²) in [5, 5.41) is 2.70. The van der Waals surface area contributed by atoms with E-state index >= 15 is 0 Å². The SMILES string of the molecule is CCOc1cccc(N)c1C(=O)Nc1ccc(F)cc1Cl. The molecule has 110 valence electrons. The van der Waals surface area contributed by atoms with E-state index < -0.39 is 11.7 Å². The number of halogens is 2. The van der Waals surface area contributed by atoms with Crippen LogP contribution in [0.15, 0.2) is 36.4 Å². The molecule has 1 amide bonds. The van der Waals surface area contributed by atoms with Crippen LogP contribution < -0.4 is 15.8 Å². The quantitative estimate of drug-likeness (QED) is 0.846. The topological polar surface area (TPSA) is 64.3 Å². The summed E-state index contributed by atoms with van der Waals surface area (Å²) in [6.07, 6.45) is 0. The largest absolute Gasteiger partial charge is 0.493 e. The van der Waals surface area contributed by atoms with E-state index in [-0.39, 0.29) is 16.3 Å². The van der Waals surface area contributed by atoms with Crippen molar-refractivity contribution in [3.8, 4) is 5.75 Å². The van der Waals surface area contributed by atoms with Crippen LogP contribution in [0.1, 0.15) is 17.3 Å². The van der Waals surface area contributed by atoms with Crippen molar-refractivity contribution in [1.82, 2.24) is 0 Å². The minimum atomic E-state index is -0.479. The van der Waals surface area contributed by atoms with Crippen LogP contribution in [0.3, 0.4) is 0 Å². The van der Waals surface area contributed by atoms with Crippen molar-refractivity contribution in [2.75, 3.05) is 17.7 Å². The molecule has 0 bridgehead atoms. The first-order valence-electron chi connectivity index (χ1n) is 6.30. The minimum Gasteiger partial charge on any atom is -0.493 e. The van der Waals surface area contributed by atoms with Gasteiger partial charge in [-0.2, -0.15) is 0 Å². The smallest absolute Gasteiger partial charge is 0.261 e. The van der Waals surface area contributed by atoms with Gasteiger partial charge < -0.3 is 15.8 Å². The maximum absolute atomic E-state index is 13.0. The molecule has 2 aromatic carbocycles. The lowest BCUT2D eigenvalue weighted by Gasteiger charge is -2.13. The fourth-order valence-corrected chi connectivity index (χ4v) is 2.06. The first-order chi connectivity index (χ1) is 10.0. The van der Waals surface area contributed by atoms with Gasteiger partial charge in [-0.25, -0.2) is 4.39 Å². The number of nitrogens with two attached hydrogens (primary N) is 1. The monoisotopic (exact) mass is 308 g/mol. The van der Waals surface area contributed by atoms with Gasteiger partial charge in [-0.15, -0.1) is 0 Å². The molecule has 0 spiro atoms. The lowest BCUT2D eigenvalue weighted by Crippen LogP contribution is -2.16. The molecule has 0 aliphatic heterocycles. The van der Waals surface area contributed by atoms with E-state index in [0.29, 0.717) is 18.0 Å². The number of nitrogen functional groups attached to an aromatic ring is 1. The lowest BCUT2D eigenvalue weighted by atomic mass is 10.1. The third-order valence-electron chi connectivity index (χ3n) is 2.76. The second kappa shape index (κ2) is 6.45. The summed E-state index contributed by atoms with van der Waals surface area (Å²) in [6, 6.07) is 8.66. The molecule has 2 rings (SSSR count). The second-order valence-electron chi connectivity index (χ2n) is 4.23. The minimum absolute atomic E-state index is 0.107. The number of carbonyl (C=O) groups excluding carboxylic acids is 1. The highest BCUT2D eigenvalue weighted by Gasteiger charge is 2.17. The average molecular weight is 309 g/mol. The highest BCUT2D eigenvalue weighted by Crippen LogP contribution is 2.28. The lowest BCUT2D eigenvalue weighted by molar-refractivity contribution is 0.102. The van der Waals surface area contributed by atoms with E-state index in [1.54, 1.807) is 18.2 Å². The van der Waals surface area contributed by atoms with Crippen molar-refractivity contribution < 1.29 is 13.9 Å². The zero-order chi connectivity index (χ0) is 15.4. The third kappa shape index (κ3) is 3.44. The Morgan fingerprint density at radius 1 is 1.38 bits per heavy atom. The molecule has 0 saturated heterocycles. The van der Waals surface area contributed by atoms with Gasteiger partial charge in [0.1, 0.15) is 17.1 Å². The van der Waals surface area contributed by atoms with Crippen molar-refractivity contribution in [1.29, 1.82) is 0 Å². The van der Waals surface area contributed by atoms with Gasteiger partial charge in [0.2, 0.25) is 0 Å². The highest BCUT2D eigenvalue weighted by atomic mass is 35.5. The van der Waals surface area contributed by atoms with E-state index in [1.807, 2.05) is 6.92 Å². The van der Waals surface area contributed by atoms with Gasteiger partial charge in [-0.05, 0) is 37.3 Å². The summed E-state index contributed by atoms with van der Waals surface area (Å²) in [7, 11) is 0. The van der Waals surface area contributed by atoms with Crippen LogP contribution in [-0.4, -0.2) is 12.5 Å². The Morgan fingerprint density at radius 3 is 2.81 bits per heavy atom. The van der Waals surface area contributed by atoms with Crippen LogP contribution >= 0.6 is 11.6 Å². The van der Waals surface area contributed by atoms with Crippen molar-refractivity contribution in [2.45, 2.75) is 6.92 Å². The number of amides is 1. The van der Waals surface area contributed by atoms with Gasteiger partial charge in [0, 0.05) is 5.69 Å². The molecule has 0 aliphatic rings. The number of benzene rings is 2. The normalized spacial score (nSPS) is 10.2. The van der Waals surface area contributed by atoms with Gasteiger partial charge in [0.05, 0.1) is 17.3 Å². The zero-order valence-corrected chi connectivity index (χ0v) is 12.1. The molecule has 0 aliphatic carbocycles. The van der Waals surface area contributed by atoms with Gasteiger partial charge >= 0.3 is 0 Å². The Bertz CT molecular complexity index is 677. The zero-order valence-electron chi connectivity index (χ0n) is 11.3. The van der Waals surface area contributed by atoms with E-state index in [9.17, 15) is 9.18 Å². The number of rotatable bonds is 4. The number of carbonyl (C=O) groups is 1. The molecule has 0 radical (unpaired) electrons. The molecular formula is C15H14ClFN2O2. The number of anilines is 2. The first-order valence-corrected chi connectivity index (χ1v) is 6.68. The van der Waals surface area contributed by atoms with Crippen molar-refractivity contribution in [2.24, 2.45) is 0 Å². The number of hydrogen-bond acceptors (Lipinski definition) is 3. The predicted octanol–water partition coefficient (Wildman–Crippen LogP) is 3.71. The van der Waals surface area contributed by atoms with Gasteiger partial charge in [0.25, 0.3) is 5.91 Å². The molecule has 6 heteroatoms. The van der Waals surface area contributed by atoms with Crippen LogP contribution in [0.25, 0.3) is 0 Å². The molecule has 0 heterocycles. The van der Waals surface area contributed by atoms with Crippen LogP contribution in [0.5, 0.6) is 5.75 Å². The van der Waals surface area contributed by atoms with Crippen LogP contribution in [0.2, 0.25) is 5.02 Å². The number of nitrogens with one attached hydrogen (secondary N) is 1. The summed E-state index contributed by atoms with van der Waals surface area (Å²) in [5.41, 5.74) is 6.64. The van der Waals surface area contributed by atoms with E-state index in [4.69, 9.17) is 22.1 Å². The maximum atomic E-state index is 13.0. The van der Waals surface area contributed by atoms with Crippen molar-refractivity contribution >= 4 is 28.9 Å². The van der Waals surface area contributed by atoms with Crippen molar-refractivity contribution in [3.63, 3.8) is 0 Å². The molecular weight excluding hydrogens is 295 g/mol. The molecule has 3 N–H and O–H groups in total. The number of ether oxygens (including phenoxy) is 1.